The van der Waals surface area contributed by atoms with Crippen molar-refractivity contribution in [3.05, 3.63) is 33.3 Å². The summed E-state index contributed by atoms with van der Waals surface area (Å²) < 4.78 is 5.33. The molecule has 6 heteroatoms. The number of rotatable bonds is 4. The zero-order valence-corrected chi connectivity index (χ0v) is 10.8. The third kappa shape index (κ3) is 2.91. The maximum absolute atomic E-state index is 10.6. The number of hydrogen-bond donors (Lipinski definition) is 1. The number of nitrogens with one attached hydrogen (secondary N) is 1. The molecule has 1 aliphatic rings. The van der Waals surface area contributed by atoms with Crippen molar-refractivity contribution < 1.29 is 9.66 Å². The van der Waals surface area contributed by atoms with Crippen molar-refractivity contribution in [2.24, 2.45) is 5.92 Å². The number of non-ortho nitro benzene ring substituents is 1. The van der Waals surface area contributed by atoms with Crippen molar-refractivity contribution in [3.8, 4) is 0 Å². The number of nitro benzene ring substituents is 1. The van der Waals surface area contributed by atoms with E-state index in [2.05, 4.69) is 12.2 Å². The predicted molar refractivity (Wildman–Crippen MR) is 70.1 cm³/mol. The highest BCUT2D eigenvalue weighted by atomic mass is 35.5. The fraction of sp³-hybridized carbons (Fsp3) is 0.500. The summed E-state index contributed by atoms with van der Waals surface area (Å²) in [7, 11) is 0. The van der Waals surface area contributed by atoms with E-state index in [1.165, 1.54) is 12.1 Å². The number of nitro groups is 1. The van der Waals surface area contributed by atoms with Gasteiger partial charge in [-0.25, -0.2) is 0 Å². The normalized spacial score (nSPS) is 20.7. The molecule has 1 N–H and O–H groups in total. The lowest BCUT2D eigenvalue weighted by atomic mass is 10.0. The number of nitrogens with zero attached hydrogens (tertiary/aromatic N) is 1. The molecule has 1 heterocycles. The average molecular weight is 271 g/mol. The van der Waals surface area contributed by atoms with Crippen LogP contribution in [0.15, 0.2) is 18.2 Å². The maximum Gasteiger partial charge on any atom is 0.271 e. The van der Waals surface area contributed by atoms with Crippen molar-refractivity contribution in [3.63, 3.8) is 0 Å². The van der Waals surface area contributed by atoms with Crippen LogP contribution in [-0.4, -0.2) is 24.2 Å². The Morgan fingerprint density at radius 2 is 2.39 bits per heavy atom. The summed E-state index contributed by atoms with van der Waals surface area (Å²) in [6.45, 7) is 3.61. The van der Waals surface area contributed by atoms with Gasteiger partial charge in [-0.15, -0.1) is 0 Å². The molecule has 2 rings (SSSR count). The quantitative estimate of drug-likeness (QED) is 0.674. The van der Waals surface area contributed by atoms with Gasteiger partial charge < -0.3 is 10.1 Å². The Hall–Kier alpha value is -1.33. The molecule has 0 aromatic heterocycles. The van der Waals surface area contributed by atoms with Gasteiger partial charge in [-0.05, 0) is 19.4 Å². The van der Waals surface area contributed by atoms with Crippen LogP contribution in [-0.2, 0) is 4.74 Å². The minimum Gasteiger partial charge on any atom is -0.381 e. The van der Waals surface area contributed by atoms with Crippen LogP contribution in [0.3, 0.4) is 0 Å². The lowest BCUT2D eigenvalue weighted by molar-refractivity contribution is -0.384. The van der Waals surface area contributed by atoms with Crippen LogP contribution >= 0.6 is 11.6 Å². The van der Waals surface area contributed by atoms with Crippen molar-refractivity contribution in [2.45, 2.75) is 19.4 Å². The molecule has 98 valence electrons. The molecule has 1 saturated heterocycles. The Morgan fingerprint density at radius 3 is 2.94 bits per heavy atom. The Kier molecular flexibility index (Phi) is 4.04. The minimum atomic E-state index is -0.454. The third-order valence-electron chi connectivity index (χ3n) is 3.22. The maximum atomic E-state index is 10.6. The van der Waals surface area contributed by atoms with Crippen LogP contribution < -0.4 is 5.32 Å². The fourth-order valence-corrected chi connectivity index (χ4v) is 2.27. The van der Waals surface area contributed by atoms with Gasteiger partial charge in [-0.3, -0.25) is 10.1 Å². The second kappa shape index (κ2) is 5.54. The van der Waals surface area contributed by atoms with E-state index in [0.717, 1.165) is 25.3 Å². The van der Waals surface area contributed by atoms with E-state index in [1.807, 2.05) is 0 Å². The highest BCUT2D eigenvalue weighted by Crippen LogP contribution is 2.29. The Labute approximate surface area is 110 Å². The number of hydrogen-bond acceptors (Lipinski definition) is 4. The second-order valence-electron chi connectivity index (χ2n) is 4.48. The van der Waals surface area contributed by atoms with E-state index >= 15 is 0 Å². The molecule has 1 aliphatic heterocycles. The Bertz CT molecular complexity index is 447. The summed E-state index contributed by atoms with van der Waals surface area (Å²) in [6, 6.07) is 4.69. The van der Waals surface area contributed by atoms with E-state index in [9.17, 15) is 10.1 Å². The van der Waals surface area contributed by atoms with Crippen LogP contribution in [0.2, 0.25) is 5.02 Å². The van der Waals surface area contributed by atoms with E-state index < -0.39 is 4.92 Å². The van der Waals surface area contributed by atoms with Gasteiger partial charge in [0.25, 0.3) is 5.69 Å². The van der Waals surface area contributed by atoms with Gasteiger partial charge in [0.1, 0.15) is 0 Å². The van der Waals surface area contributed by atoms with E-state index in [-0.39, 0.29) is 11.7 Å². The highest BCUT2D eigenvalue weighted by Gasteiger charge is 2.22. The predicted octanol–water partition coefficient (Wildman–Crippen LogP) is 3.09. The lowest BCUT2D eigenvalue weighted by Gasteiger charge is -2.21. The number of ether oxygens (including phenoxy) is 1. The monoisotopic (exact) mass is 270 g/mol. The van der Waals surface area contributed by atoms with Gasteiger partial charge in [0.05, 0.1) is 22.2 Å². The van der Waals surface area contributed by atoms with Crippen molar-refractivity contribution in [1.29, 1.82) is 0 Å². The molecule has 1 aromatic rings. The Morgan fingerprint density at radius 1 is 1.61 bits per heavy atom. The fourth-order valence-electron chi connectivity index (χ4n) is 2.04. The minimum absolute atomic E-state index is 0.00222. The molecular formula is C12H15ClN2O3. The molecule has 0 radical (unpaired) electrons. The first kappa shape index (κ1) is 13.1. The lowest BCUT2D eigenvalue weighted by Crippen LogP contribution is -2.26. The average Bonchev–Trinajstić information content (AvgIpc) is 2.85. The van der Waals surface area contributed by atoms with Crippen molar-refractivity contribution in [1.82, 2.24) is 0 Å². The molecule has 2 unspecified atom stereocenters. The second-order valence-corrected chi connectivity index (χ2v) is 4.89. The summed E-state index contributed by atoms with van der Waals surface area (Å²) in [5.74, 6) is 0.455. The van der Waals surface area contributed by atoms with E-state index in [0.29, 0.717) is 10.9 Å². The summed E-state index contributed by atoms with van der Waals surface area (Å²) in [5, 5.41) is 14.3. The summed E-state index contributed by atoms with van der Waals surface area (Å²) >= 11 is 6.03. The largest absolute Gasteiger partial charge is 0.381 e. The topological polar surface area (TPSA) is 64.4 Å². The third-order valence-corrected chi connectivity index (χ3v) is 3.53. The summed E-state index contributed by atoms with van der Waals surface area (Å²) in [6.07, 6.45) is 1.03. The molecule has 0 spiro atoms. The zero-order valence-electron chi connectivity index (χ0n) is 10.1. The molecule has 5 nitrogen and oxygen atoms in total. The number of benzene rings is 1. The van der Waals surface area contributed by atoms with Crippen LogP contribution in [0, 0.1) is 16.0 Å². The molecule has 18 heavy (non-hydrogen) atoms. The van der Waals surface area contributed by atoms with Gasteiger partial charge in [0.2, 0.25) is 0 Å². The van der Waals surface area contributed by atoms with Gasteiger partial charge >= 0.3 is 0 Å². The molecule has 1 aromatic carbocycles. The van der Waals surface area contributed by atoms with Crippen molar-refractivity contribution >= 4 is 23.0 Å². The first-order valence-corrected chi connectivity index (χ1v) is 6.24. The van der Waals surface area contributed by atoms with Crippen LogP contribution in [0.5, 0.6) is 0 Å². The zero-order chi connectivity index (χ0) is 13.1. The first-order chi connectivity index (χ1) is 8.58. The Balaban J connectivity index is 2.06. The van der Waals surface area contributed by atoms with Gasteiger partial charge in [0.15, 0.2) is 0 Å². The first-order valence-electron chi connectivity index (χ1n) is 5.86. The van der Waals surface area contributed by atoms with Crippen molar-refractivity contribution in [2.75, 3.05) is 18.5 Å². The number of halogens is 1. The van der Waals surface area contributed by atoms with Crippen LogP contribution in [0.1, 0.15) is 13.3 Å². The molecule has 2 atom stereocenters. The van der Waals surface area contributed by atoms with Gasteiger partial charge in [-0.1, -0.05) is 11.6 Å². The van der Waals surface area contributed by atoms with Crippen LogP contribution in [0.25, 0.3) is 0 Å². The molecule has 0 bridgehead atoms. The number of anilines is 1. The summed E-state index contributed by atoms with van der Waals surface area (Å²) in [5.41, 5.74) is 0.726. The standard InChI is InChI=1S/C12H15ClN2O3/c1-8(9-4-5-18-7-9)14-12-3-2-10(15(16)17)6-11(12)13/h2-3,6,8-9,14H,4-5,7H2,1H3. The molecule has 1 fully saturated rings. The smallest absolute Gasteiger partial charge is 0.271 e. The van der Waals surface area contributed by atoms with Gasteiger partial charge in [-0.2, -0.15) is 0 Å². The van der Waals surface area contributed by atoms with E-state index in [1.54, 1.807) is 6.07 Å². The molecular weight excluding hydrogens is 256 g/mol. The molecule has 0 saturated carbocycles. The molecule has 0 aliphatic carbocycles. The van der Waals surface area contributed by atoms with Crippen LogP contribution in [0.4, 0.5) is 11.4 Å². The molecule has 0 amide bonds. The highest BCUT2D eigenvalue weighted by molar-refractivity contribution is 6.33. The SMILES string of the molecule is CC(Nc1ccc([N+](=O)[O-])cc1Cl)C1CCOC1. The summed E-state index contributed by atoms with van der Waals surface area (Å²) in [4.78, 5) is 10.2. The van der Waals surface area contributed by atoms with Gasteiger partial charge in [0, 0.05) is 30.7 Å². The van der Waals surface area contributed by atoms with E-state index in [4.69, 9.17) is 16.3 Å².